The lowest BCUT2D eigenvalue weighted by Crippen LogP contribution is -2.61. The summed E-state index contributed by atoms with van der Waals surface area (Å²) < 4.78 is 47.8. The largest absolute Gasteiger partial charge is 0.462 e. The summed E-state index contributed by atoms with van der Waals surface area (Å²) in [5.41, 5.74) is -4.69. The maximum absolute atomic E-state index is 15.9. The molecule has 6 heterocycles. The van der Waals surface area contributed by atoms with E-state index in [1.807, 2.05) is 0 Å². The van der Waals surface area contributed by atoms with Crippen LogP contribution in [0.15, 0.2) is 18.2 Å². The van der Waals surface area contributed by atoms with Gasteiger partial charge in [-0.05, 0) is 273 Å². The molecule has 2 unspecified atom stereocenters. The fourth-order valence-corrected chi connectivity index (χ4v) is 22.2. The molecule has 1 aromatic rings. The average molecular weight is 1530 g/mol. The van der Waals surface area contributed by atoms with Gasteiger partial charge in [-0.3, -0.25) is 24.0 Å². The predicted molar refractivity (Wildman–Crippen MR) is 439 cm³/mol. The quantitative estimate of drug-likeness (QED) is 0.0161. The second-order valence-corrected chi connectivity index (χ2v) is 43.6. The van der Waals surface area contributed by atoms with E-state index in [4.69, 9.17) is 33.2 Å². The minimum atomic E-state index is -1.60. The van der Waals surface area contributed by atoms with E-state index in [1.54, 1.807) is 7.11 Å². The van der Waals surface area contributed by atoms with Crippen molar-refractivity contribution in [2.75, 3.05) is 7.11 Å². The summed E-state index contributed by atoms with van der Waals surface area (Å²) in [4.78, 5) is 78.8. The molecule has 0 saturated carbocycles. The van der Waals surface area contributed by atoms with Gasteiger partial charge in [-0.1, -0.05) is 77.5 Å². The van der Waals surface area contributed by atoms with Crippen molar-refractivity contribution >= 4 is 29.8 Å². The summed E-state index contributed by atoms with van der Waals surface area (Å²) in [6.07, 6.45) is 14.0. The van der Waals surface area contributed by atoms with Crippen LogP contribution in [0.25, 0.3) is 0 Å². The Morgan fingerprint density at radius 3 is 0.853 bits per heavy atom. The van der Waals surface area contributed by atoms with E-state index in [9.17, 15) is 0 Å². The SMILES string of the molecule is CCCCC(CCCc1ccc(CCCC(CCCC)(C(=O)OC2CC(C)(C)NC(C)(C)C2)C(OC)OC2CC(C)(C)NC(C)(C)C2)cc1CCCC(CCCC)(C(=O)OC1CC(C)(C)NC(C)(C)C1)C(=O)OC1CC(C)(C)NC(C)(C)C1)(C(=O)OC1CC(C)(C)NC(C)(C)C1)C(=O)OC1CC(C)(C)NC(C)(C)C1. The lowest BCUT2D eigenvalue weighted by molar-refractivity contribution is -0.242. The number of hydrogen-bond acceptors (Lipinski definition) is 18. The maximum Gasteiger partial charge on any atom is 0.323 e. The molecule has 6 fully saturated rings. The Hall–Kier alpha value is -3.75. The van der Waals surface area contributed by atoms with Crippen LogP contribution in [0.1, 0.15) is 377 Å². The molecule has 6 aliphatic heterocycles. The number of hydrogen-bond donors (Lipinski definition) is 6. The number of methoxy groups -OCH3 is 1. The van der Waals surface area contributed by atoms with E-state index in [2.05, 4.69) is 237 Å². The first kappa shape index (κ1) is 92.4. The van der Waals surface area contributed by atoms with Crippen molar-refractivity contribution in [3.63, 3.8) is 0 Å². The van der Waals surface area contributed by atoms with Crippen molar-refractivity contribution in [2.45, 2.75) is 489 Å². The zero-order chi connectivity index (χ0) is 81.7. The minimum Gasteiger partial charge on any atom is -0.462 e. The van der Waals surface area contributed by atoms with Crippen molar-refractivity contribution in [3.05, 3.63) is 34.9 Å². The van der Waals surface area contributed by atoms with Crippen LogP contribution in [-0.4, -0.2) is 146 Å². The van der Waals surface area contributed by atoms with Gasteiger partial charge in [-0.25, -0.2) is 0 Å². The van der Waals surface area contributed by atoms with Gasteiger partial charge in [0, 0.05) is 138 Å². The molecule has 18 heteroatoms. The maximum atomic E-state index is 15.9. The lowest BCUT2D eigenvalue weighted by Gasteiger charge is -2.49. The first-order chi connectivity index (χ1) is 50.0. The summed E-state index contributed by atoms with van der Waals surface area (Å²) >= 11 is 0. The number of esters is 5. The van der Waals surface area contributed by atoms with Gasteiger partial charge in [0.2, 0.25) is 0 Å². The molecule has 6 N–H and O–H groups in total. The van der Waals surface area contributed by atoms with Crippen molar-refractivity contribution in [3.8, 4) is 0 Å². The summed E-state index contributed by atoms with van der Waals surface area (Å²) in [5, 5.41) is 22.6. The van der Waals surface area contributed by atoms with Crippen LogP contribution in [0.4, 0.5) is 0 Å². The highest BCUT2D eigenvalue weighted by atomic mass is 16.7. The Balaban J connectivity index is 1.32. The van der Waals surface area contributed by atoms with Crippen LogP contribution in [-0.2, 0) is 76.4 Å². The van der Waals surface area contributed by atoms with Gasteiger partial charge >= 0.3 is 29.8 Å². The van der Waals surface area contributed by atoms with Crippen LogP contribution in [0.3, 0.4) is 0 Å². The Bertz CT molecular complexity index is 3010. The van der Waals surface area contributed by atoms with E-state index in [1.165, 1.54) is 0 Å². The van der Waals surface area contributed by atoms with Crippen LogP contribution < -0.4 is 31.9 Å². The number of ether oxygens (including phenoxy) is 7. The molecule has 1 aromatic carbocycles. The molecule has 0 bridgehead atoms. The number of carbonyl (C=O) groups is 5. The highest BCUT2D eigenvalue weighted by molar-refractivity contribution is 6.01. The van der Waals surface area contributed by atoms with Crippen molar-refractivity contribution in [1.29, 1.82) is 0 Å². The van der Waals surface area contributed by atoms with Crippen LogP contribution in [0.2, 0.25) is 0 Å². The zero-order valence-electron chi connectivity index (χ0n) is 74.4. The van der Waals surface area contributed by atoms with Gasteiger partial charge in [-0.15, -0.1) is 0 Å². The number of rotatable bonds is 35. The monoisotopic (exact) mass is 1530 g/mol. The Labute approximate surface area is 662 Å². The van der Waals surface area contributed by atoms with E-state index in [-0.39, 0.29) is 110 Å². The van der Waals surface area contributed by atoms with Gasteiger partial charge in [0.1, 0.15) is 35.9 Å². The molecular formula is C91H160N6O12. The summed E-state index contributed by atoms with van der Waals surface area (Å²) in [7, 11) is 1.68. The number of aryl methyl sites for hydroxylation is 3. The Morgan fingerprint density at radius 2 is 0.569 bits per heavy atom. The molecule has 0 radical (unpaired) electrons. The molecule has 18 nitrogen and oxygen atoms in total. The van der Waals surface area contributed by atoms with E-state index < -0.39 is 70.8 Å². The van der Waals surface area contributed by atoms with Crippen LogP contribution in [0.5, 0.6) is 0 Å². The third-order valence-electron chi connectivity index (χ3n) is 24.6. The standard InChI is InChI=1S/C91H160N6O12/c1-29-32-43-89(71(98)104-65-50-77(4,5)92-78(6,7)51-65,72(99)105-66-52-79(8,9)93-80(10,11)53-66)46-36-39-63-42-41-62(38-35-48-91(45-34-31-3,75(102)108-69-58-85(20,21)96-86(22,23)59-69)76(103-28)109-70-60-87(24,25)97-88(26,27)61-70)49-64(63)40-37-47-90(44-33-30-2,73(100)106-67-54-81(12,13)94-82(14,15)55-67)74(101)107-68-56-83(16,17)95-84(18,19)57-68/h41-42,49,65-70,76,92-97H,29-40,43-48,50-61H2,1-28H3. The smallest absolute Gasteiger partial charge is 0.323 e. The molecular weight excluding hydrogens is 1370 g/mol. The molecule has 626 valence electrons. The molecule has 6 saturated heterocycles. The molecule has 0 amide bonds. The van der Waals surface area contributed by atoms with Gasteiger partial charge in [-0.2, -0.15) is 0 Å². The molecule has 109 heavy (non-hydrogen) atoms. The third-order valence-corrected chi connectivity index (χ3v) is 24.6. The van der Waals surface area contributed by atoms with Crippen LogP contribution >= 0.6 is 0 Å². The molecule has 2 atom stereocenters. The fraction of sp³-hybridized carbons (Fsp3) is 0.879. The van der Waals surface area contributed by atoms with Gasteiger partial charge < -0.3 is 65.1 Å². The first-order valence-electron chi connectivity index (χ1n) is 43.1. The topological polar surface area (TPSA) is 222 Å². The highest BCUT2D eigenvalue weighted by Crippen LogP contribution is 2.47. The van der Waals surface area contributed by atoms with Crippen molar-refractivity contribution < 1.29 is 57.1 Å². The first-order valence-corrected chi connectivity index (χ1v) is 43.1. The zero-order valence-corrected chi connectivity index (χ0v) is 74.4. The van der Waals surface area contributed by atoms with Gasteiger partial charge in [0.05, 0.1) is 6.10 Å². The molecule has 0 aliphatic carbocycles. The average Bonchev–Trinajstić information content (AvgIpc) is 0.780. The lowest BCUT2D eigenvalue weighted by atomic mass is 9.75. The number of carbonyl (C=O) groups excluding carboxylic acids is 5. The number of nitrogens with one attached hydrogen (secondary N) is 6. The van der Waals surface area contributed by atoms with E-state index in [0.29, 0.717) is 128 Å². The van der Waals surface area contributed by atoms with E-state index >= 15 is 24.0 Å². The second-order valence-electron chi connectivity index (χ2n) is 43.6. The van der Waals surface area contributed by atoms with Crippen LogP contribution in [0, 0.1) is 16.2 Å². The highest BCUT2D eigenvalue weighted by Gasteiger charge is 2.56. The van der Waals surface area contributed by atoms with Gasteiger partial charge in [0.15, 0.2) is 17.1 Å². The third kappa shape index (κ3) is 26.4. The normalized spacial score (nSPS) is 24.7. The Kier molecular flexibility index (Phi) is 30.0. The molecule has 0 aromatic heterocycles. The Morgan fingerprint density at radius 1 is 0.330 bits per heavy atom. The minimum absolute atomic E-state index is 0.189. The number of benzene rings is 1. The molecule has 0 spiro atoms. The van der Waals surface area contributed by atoms with Gasteiger partial charge in [0.25, 0.3) is 0 Å². The predicted octanol–water partition coefficient (Wildman–Crippen LogP) is 17.7. The number of piperidine rings is 6. The van der Waals surface area contributed by atoms with Crippen molar-refractivity contribution in [1.82, 2.24) is 31.9 Å². The molecule has 6 aliphatic rings. The fourth-order valence-electron chi connectivity index (χ4n) is 22.2. The second kappa shape index (κ2) is 35.4. The molecule has 7 rings (SSSR count). The summed E-state index contributed by atoms with van der Waals surface area (Å²) in [6, 6.07) is 6.70. The summed E-state index contributed by atoms with van der Waals surface area (Å²) in [5.74, 6) is -2.30. The number of unbranched alkanes of at least 4 members (excludes halogenated alkanes) is 3. The summed E-state index contributed by atoms with van der Waals surface area (Å²) in [6.45, 7) is 58.3. The van der Waals surface area contributed by atoms with Crippen molar-refractivity contribution in [2.24, 2.45) is 16.2 Å². The van der Waals surface area contributed by atoms with E-state index in [0.717, 1.165) is 55.2 Å².